The number of fused-ring (bicyclic) bond motifs is 4. The van der Waals surface area contributed by atoms with Crippen molar-refractivity contribution in [2.75, 3.05) is 7.11 Å². The molecule has 4 aliphatic carbocycles. The Morgan fingerprint density at radius 3 is 2.49 bits per heavy atom. The van der Waals surface area contributed by atoms with Gasteiger partial charge in [0, 0.05) is 5.57 Å². The minimum Gasteiger partial charge on any atom is -0.466 e. The Labute approximate surface area is 214 Å². The van der Waals surface area contributed by atoms with E-state index in [0.717, 1.165) is 25.7 Å². The van der Waals surface area contributed by atoms with E-state index in [1.54, 1.807) is 16.7 Å². The number of hydrogen-bond acceptors (Lipinski definition) is 3. The predicted molar refractivity (Wildman–Crippen MR) is 144 cm³/mol. The summed E-state index contributed by atoms with van der Waals surface area (Å²) in [6.07, 6.45) is 13.6. The highest BCUT2D eigenvalue weighted by Crippen LogP contribution is 2.69. The van der Waals surface area contributed by atoms with Crippen molar-refractivity contribution in [2.45, 2.75) is 113 Å². The lowest BCUT2D eigenvalue weighted by atomic mass is 9.45. The molecule has 0 saturated heterocycles. The van der Waals surface area contributed by atoms with Crippen LogP contribution in [0.1, 0.15) is 107 Å². The second kappa shape index (κ2) is 8.89. The third-order valence-electron chi connectivity index (χ3n) is 11.8. The first-order chi connectivity index (χ1) is 16.2. The van der Waals surface area contributed by atoms with Crippen LogP contribution < -0.4 is 0 Å². The molecule has 196 valence electrons. The molecule has 0 aromatic carbocycles. The Morgan fingerprint density at radius 2 is 1.83 bits per heavy atom. The van der Waals surface area contributed by atoms with Gasteiger partial charge in [-0.1, -0.05) is 66.2 Å². The van der Waals surface area contributed by atoms with Crippen molar-refractivity contribution in [1.29, 1.82) is 0 Å². The summed E-state index contributed by atoms with van der Waals surface area (Å²) in [5.74, 6) is 1.24. The maximum atomic E-state index is 11.9. The van der Waals surface area contributed by atoms with Crippen LogP contribution in [0.3, 0.4) is 0 Å². The summed E-state index contributed by atoms with van der Waals surface area (Å²) in [5.41, 5.74) is 6.45. The summed E-state index contributed by atoms with van der Waals surface area (Å²) >= 11 is 0. The highest BCUT2D eigenvalue weighted by molar-refractivity contribution is 5.87. The minimum atomic E-state index is -0.221. The number of methoxy groups -OCH3 is 1. The molecule has 0 aromatic rings. The number of rotatable bonds is 5. The van der Waals surface area contributed by atoms with Crippen LogP contribution in [-0.2, 0) is 9.53 Å². The molecule has 0 heterocycles. The summed E-state index contributed by atoms with van der Waals surface area (Å²) in [5, 5.41) is 10.8. The maximum Gasteiger partial charge on any atom is 0.333 e. The minimum absolute atomic E-state index is 0.00858. The van der Waals surface area contributed by atoms with Crippen LogP contribution in [0, 0.1) is 39.4 Å². The molecule has 7 unspecified atom stereocenters. The lowest BCUT2D eigenvalue weighted by Gasteiger charge is -2.60. The van der Waals surface area contributed by atoms with E-state index in [1.807, 2.05) is 6.92 Å². The Hall–Kier alpha value is -1.35. The van der Waals surface area contributed by atoms with Gasteiger partial charge in [0.2, 0.25) is 0 Å². The number of esters is 1. The molecular formula is C32H50O3. The van der Waals surface area contributed by atoms with E-state index < -0.39 is 0 Å². The summed E-state index contributed by atoms with van der Waals surface area (Å²) < 4.78 is 4.90. The zero-order chi connectivity index (χ0) is 26.0. The van der Waals surface area contributed by atoms with Gasteiger partial charge in [0.1, 0.15) is 0 Å². The third-order valence-corrected chi connectivity index (χ3v) is 11.8. The number of allylic oxidation sites excluding steroid dienone is 5. The van der Waals surface area contributed by atoms with Crippen molar-refractivity contribution in [1.82, 2.24) is 0 Å². The molecule has 1 N–H and O–H groups in total. The van der Waals surface area contributed by atoms with Gasteiger partial charge in [-0.05, 0) is 109 Å². The van der Waals surface area contributed by atoms with E-state index in [-0.39, 0.29) is 33.7 Å². The zero-order valence-electron chi connectivity index (χ0n) is 23.9. The van der Waals surface area contributed by atoms with Gasteiger partial charge in [-0.25, -0.2) is 4.79 Å². The molecule has 1 fully saturated rings. The van der Waals surface area contributed by atoms with Gasteiger partial charge in [-0.2, -0.15) is 0 Å². The molecule has 0 bridgehead atoms. The van der Waals surface area contributed by atoms with E-state index in [1.165, 1.54) is 32.8 Å². The van der Waals surface area contributed by atoms with Crippen LogP contribution in [0.4, 0.5) is 0 Å². The fraction of sp³-hybridized carbons (Fsp3) is 0.781. The van der Waals surface area contributed by atoms with Crippen LogP contribution in [0.15, 0.2) is 34.4 Å². The molecule has 0 aliphatic heterocycles. The van der Waals surface area contributed by atoms with Crippen LogP contribution in [0.25, 0.3) is 0 Å². The molecule has 35 heavy (non-hydrogen) atoms. The summed E-state index contributed by atoms with van der Waals surface area (Å²) in [4.78, 5) is 11.9. The summed E-state index contributed by atoms with van der Waals surface area (Å²) in [6, 6.07) is 0. The number of carbonyl (C=O) groups excluding carboxylic acids is 1. The lowest BCUT2D eigenvalue weighted by molar-refractivity contribution is -0.136. The van der Waals surface area contributed by atoms with E-state index in [9.17, 15) is 9.90 Å². The molecule has 4 rings (SSSR count). The second-order valence-electron chi connectivity index (χ2n) is 13.9. The largest absolute Gasteiger partial charge is 0.466 e. The number of ether oxygens (including phenoxy) is 1. The Kier molecular flexibility index (Phi) is 6.78. The molecule has 0 radical (unpaired) electrons. The van der Waals surface area contributed by atoms with Crippen molar-refractivity contribution < 1.29 is 14.6 Å². The fourth-order valence-corrected chi connectivity index (χ4v) is 9.22. The average molecular weight is 483 g/mol. The molecule has 3 nitrogen and oxygen atoms in total. The van der Waals surface area contributed by atoms with E-state index in [0.29, 0.717) is 23.3 Å². The third kappa shape index (κ3) is 3.90. The maximum absolute atomic E-state index is 11.9. The highest BCUT2D eigenvalue weighted by Gasteiger charge is 2.60. The van der Waals surface area contributed by atoms with Gasteiger partial charge < -0.3 is 9.84 Å². The first kappa shape index (κ1) is 26.7. The summed E-state index contributed by atoms with van der Waals surface area (Å²) in [7, 11) is 1.46. The molecule has 4 aliphatic rings. The summed E-state index contributed by atoms with van der Waals surface area (Å²) in [6.45, 7) is 18.8. The van der Waals surface area contributed by atoms with Crippen LogP contribution >= 0.6 is 0 Å². The first-order valence-corrected chi connectivity index (χ1v) is 14.1. The monoisotopic (exact) mass is 482 g/mol. The van der Waals surface area contributed by atoms with Gasteiger partial charge in [-0.3, -0.25) is 0 Å². The van der Waals surface area contributed by atoms with Gasteiger partial charge in [0.15, 0.2) is 0 Å². The molecule has 3 heteroatoms. The molecule has 0 aromatic heterocycles. The van der Waals surface area contributed by atoms with Crippen molar-refractivity contribution >= 4 is 5.97 Å². The van der Waals surface area contributed by atoms with Crippen molar-refractivity contribution in [2.24, 2.45) is 39.4 Å². The SMILES string of the molecule is COC(=O)C(C)=CC(C)CC(C)C1(C)CC=C2C3=C(CCC21C)C1(C)CCC(O)C(C)(C)C1CC3. The van der Waals surface area contributed by atoms with Crippen molar-refractivity contribution in [3.05, 3.63) is 34.4 Å². The molecule has 0 spiro atoms. The van der Waals surface area contributed by atoms with Gasteiger partial charge >= 0.3 is 5.97 Å². The number of carbonyl (C=O) groups is 1. The van der Waals surface area contributed by atoms with Crippen LogP contribution in [-0.4, -0.2) is 24.3 Å². The quantitative estimate of drug-likeness (QED) is 0.321. The number of aliphatic hydroxyl groups excluding tert-OH is 1. The van der Waals surface area contributed by atoms with Gasteiger partial charge in [0.05, 0.1) is 13.2 Å². The lowest BCUT2D eigenvalue weighted by Crippen LogP contribution is -2.53. The number of hydrogen-bond donors (Lipinski definition) is 1. The number of aliphatic hydroxyl groups is 1. The second-order valence-corrected chi connectivity index (χ2v) is 13.9. The Bertz CT molecular complexity index is 967. The van der Waals surface area contributed by atoms with E-state index in [4.69, 9.17) is 4.74 Å². The van der Waals surface area contributed by atoms with E-state index >= 15 is 0 Å². The molecule has 1 saturated carbocycles. The van der Waals surface area contributed by atoms with Gasteiger partial charge in [-0.15, -0.1) is 0 Å². The molecule has 7 atom stereocenters. The van der Waals surface area contributed by atoms with Crippen LogP contribution in [0.5, 0.6) is 0 Å². The normalized spacial score (nSPS) is 40.3. The highest BCUT2D eigenvalue weighted by atomic mass is 16.5. The standard InChI is InChI=1S/C32H50O3/c1-20(18-21(2)28(34)35-9)19-22(3)31(7)16-13-25-23-10-11-26-29(4,5)27(33)14-15-30(26,6)24(23)12-17-32(25,31)8/h13,18,20,22,26-27,33H,10-12,14-17,19H2,1-9H3. The predicted octanol–water partition coefficient (Wildman–Crippen LogP) is 7.80. The van der Waals surface area contributed by atoms with E-state index in [2.05, 4.69) is 60.6 Å². The topological polar surface area (TPSA) is 46.5 Å². The average Bonchev–Trinajstić information content (AvgIpc) is 3.08. The Morgan fingerprint density at radius 1 is 1.14 bits per heavy atom. The molecular weight excluding hydrogens is 432 g/mol. The molecule has 0 amide bonds. The zero-order valence-corrected chi connectivity index (χ0v) is 23.9. The van der Waals surface area contributed by atoms with Crippen LogP contribution in [0.2, 0.25) is 0 Å². The van der Waals surface area contributed by atoms with Crippen molar-refractivity contribution in [3.63, 3.8) is 0 Å². The van der Waals surface area contributed by atoms with Crippen molar-refractivity contribution in [3.8, 4) is 0 Å². The first-order valence-electron chi connectivity index (χ1n) is 14.1. The van der Waals surface area contributed by atoms with Gasteiger partial charge in [0.25, 0.3) is 0 Å². The smallest absolute Gasteiger partial charge is 0.333 e. The fourth-order valence-electron chi connectivity index (χ4n) is 9.22. The Balaban J connectivity index is 1.60.